The lowest BCUT2D eigenvalue weighted by Gasteiger charge is -2.17. The van der Waals surface area contributed by atoms with E-state index >= 15 is 0 Å². The highest BCUT2D eigenvalue weighted by Gasteiger charge is 2.46. The van der Waals surface area contributed by atoms with Crippen LogP contribution < -0.4 is 0 Å². The molecule has 0 aromatic rings. The van der Waals surface area contributed by atoms with E-state index in [1.54, 1.807) is 0 Å². The molecule has 1 nitrogen and oxygen atoms in total. The molecule has 1 unspecified atom stereocenters. The van der Waals surface area contributed by atoms with Gasteiger partial charge in [-0.2, -0.15) is 0 Å². The summed E-state index contributed by atoms with van der Waals surface area (Å²) in [6.45, 7) is 2.27. The Morgan fingerprint density at radius 1 is 1.36 bits per heavy atom. The van der Waals surface area contributed by atoms with E-state index in [1.165, 1.54) is 38.5 Å². The van der Waals surface area contributed by atoms with Crippen LogP contribution in [0.25, 0.3) is 0 Å². The fourth-order valence-electron chi connectivity index (χ4n) is 2.32. The lowest BCUT2D eigenvalue weighted by molar-refractivity contribution is 0.304. The van der Waals surface area contributed by atoms with Gasteiger partial charge in [-0.25, -0.2) is 0 Å². The molecule has 3 atom stereocenters. The molecule has 1 heterocycles. The second kappa shape index (κ2) is 3.14. The summed E-state index contributed by atoms with van der Waals surface area (Å²) in [6, 6.07) is 0. The maximum Gasteiger partial charge on any atom is 0.0869 e. The van der Waals surface area contributed by atoms with Gasteiger partial charge in [0.25, 0.3) is 0 Å². The van der Waals surface area contributed by atoms with Crippen molar-refractivity contribution in [2.24, 2.45) is 5.92 Å². The van der Waals surface area contributed by atoms with Gasteiger partial charge in [0.05, 0.1) is 12.2 Å². The monoisotopic (exact) mass is 154 g/mol. The number of epoxide rings is 1. The number of ether oxygens (including phenoxy) is 1. The summed E-state index contributed by atoms with van der Waals surface area (Å²) in [6.07, 6.45) is 9.72. The second-order valence-corrected chi connectivity index (χ2v) is 3.97. The van der Waals surface area contributed by atoms with Gasteiger partial charge in [0.2, 0.25) is 0 Å². The number of hydrogen-bond donors (Lipinski definition) is 0. The van der Waals surface area contributed by atoms with Crippen LogP contribution in [0, 0.1) is 5.92 Å². The number of hydrogen-bond acceptors (Lipinski definition) is 1. The smallest absolute Gasteiger partial charge is 0.0869 e. The summed E-state index contributed by atoms with van der Waals surface area (Å²) in [7, 11) is 0. The van der Waals surface area contributed by atoms with Crippen molar-refractivity contribution in [3.05, 3.63) is 0 Å². The standard InChI is InChI=1S/C10H18O/c1-2-3-5-8-6-4-7-9-10(8)11-9/h8-10H,2-7H2,1H3/t8?,9-,10-/m1/s1. The van der Waals surface area contributed by atoms with E-state index in [0.717, 1.165) is 5.92 Å². The van der Waals surface area contributed by atoms with E-state index in [0.29, 0.717) is 12.2 Å². The molecule has 1 aliphatic heterocycles. The molecule has 2 fully saturated rings. The molecule has 11 heavy (non-hydrogen) atoms. The molecule has 2 rings (SSSR count). The molecule has 0 spiro atoms. The number of unbranched alkanes of at least 4 members (excludes halogenated alkanes) is 1. The van der Waals surface area contributed by atoms with Crippen molar-refractivity contribution in [1.82, 2.24) is 0 Å². The molecular formula is C10H18O. The molecule has 0 aromatic carbocycles. The predicted molar refractivity (Wildman–Crippen MR) is 45.5 cm³/mol. The summed E-state index contributed by atoms with van der Waals surface area (Å²) in [5, 5.41) is 0. The van der Waals surface area contributed by atoms with Gasteiger partial charge >= 0.3 is 0 Å². The first-order valence-corrected chi connectivity index (χ1v) is 5.07. The molecule has 0 N–H and O–H groups in total. The van der Waals surface area contributed by atoms with Crippen LogP contribution in [-0.4, -0.2) is 12.2 Å². The van der Waals surface area contributed by atoms with Gasteiger partial charge in [-0.15, -0.1) is 0 Å². The minimum Gasteiger partial charge on any atom is -0.369 e. The molecule has 0 aromatic heterocycles. The van der Waals surface area contributed by atoms with Crippen molar-refractivity contribution in [2.75, 3.05) is 0 Å². The van der Waals surface area contributed by atoms with E-state index in [1.807, 2.05) is 0 Å². The summed E-state index contributed by atoms with van der Waals surface area (Å²) >= 11 is 0. The van der Waals surface area contributed by atoms with Crippen LogP contribution >= 0.6 is 0 Å². The summed E-state index contributed by atoms with van der Waals surface area (Å²) in [4.78, 5) is 0. The highest BCUT2D eigenvalue weighted by molar-refractivity contribution is 4.94. The quantitative estimate of drug-likeness (QED) is 0.569. The van der Waals surface area contributed by atoms with E-state index in [2.05, 4.69) is 6.92 Å². The Morgan fingerprint density at radius 3 is 3.09 bits per heavy atom. The minimum absolute atomic E-state index is 0.686. The Bertz CT molecular complexity index is 133. The van der Waals surface area contributed by atoms with E-state index in [-0.39, 0.29) is 0 Å². The van der Waals surface area contributed by atoms with Gasteiger partial charge in [-0.1, -0.05) is 26.2 Å². The van der Waals surface area contributed by atoms with Crippen molar-refractivity contribution < 1.29 is 4.74 Å². The van der Waals surface area contributed by atoms with Crippen molar-refractivity contribution in [3.8, 4) is 0 Å². The molecule has 0 radical (unpaired) electrons. The molecule has 1 aliphatic carbocycles. The normalized spacial score (nSPS) is 41.7. The van der Waals surface area contributed by atoms with Gasteiger partial charge in [0.1, 0.15) is 0 Å². The number of rotatable bonds is 3. The Morgan fingerprint density at radius 2 is 2.27 bits per heavy atom. The third-order valence-electron chi connectivity index (χ3n) is 3.08. The van der Waals surface area contributed by atoms with Gasteiger partial charge in [0.15, 0.2) is 0 Å². The van der Waals surface area contributed by atoms with Gasteiger partial charge in [-0.05, 0) is 25.2 Å². The van der Waals surface area contributed by atoms with Crippen LogP contribution in [-0.2, 0) is 4.74 Å². The molecule has 1 saturated heterocycles. The van der Waals surface area contributed by atoms with E-state index < -0.39 is 0 Å². The largest absolute Gasteiger partial charge is 0.369 e. The molecule has 1 saturated carbocycles. The van der Waals surface area contributed by atoms with Crippen LogP contribution in [0.4, 0.5) is 0 Å². The molecular weight excluding hydrogens is 136 g/mol. The summed E-state index contributed by atoms with van der Waals surface area (Å²) < 4.78 is 5.59. The first-order chi connectivity index (χ1) is 5.42. The molecule has 0 bridgehead atoms. The Hall–Kier alpha value is -0.0400. The minimum atomic E-state index is 0.686. The van der Waals surface area contributed by atoms with Crippen LogP contribution in [0.3, 0.4) is 0 Å². The van der Waals surface area contributed by atoms with Gasteiger partial charge < -0.3 is 4.74 Å². The highest BCUT2D eigenvalue weighted by atomic mass is 16.6. The molecule has 0 amide bonds. The second-order valence-electron chi connectivity index (χ2n) is 3.97. The lowest BCUT2D eigenvalue weighted by Crippen LogP contribution is -2.15. The SMILES string of the molecule is CCCCC1CCC[C@H]2O[C@H]12. The van der Waals surface area contributed by atoms with Crippen LogP contribution in [0.1, 0.15) is 45.4 Å². The maximum absolute atomic E-state index is 5.59. The molecule has 2 aliphatic rings. The fraction of sp³-hybridized carbons (Fsp3) is 1.00. The highest BCUT2D eigenvalue weighted by Crippen LogP contribution is 2.42. The van der Waals surface area contributed by atoms with Crippen LogP contribution in [0.2, 0.25) is 0 Å². The zero-order chi connectivity index (χ0) is 7.68. The Balaban J connectivity index is 1.75. The van der Waals surface area contributed by atoms with E-state index in [9.17, 15) is 0 Å². The summed E-state index contributed by atoms with van der Waals surface area (Å²) in [5.74, 6) is 0.925. The van der Waals surface area contributed by atoms with Crippen LogP contribution in [0.5, 0.6) is 0 Å². The first kappa shape index (κ1) is 7.60. The average Bonchev–Trinajstić information content (AvgIpc) is 2.79. The van der Waals surface area contributed by atoms with E-state index in [4.69, 9.17) is 4.74 Å². The van der Waals surface area contributed by atoms with Gasteiger partial charge in [0, 0.05) is 0 Å². The van der Waals surface area contributed by atoms with Crippen molar-refractivity contribution >= 4 is 0 Å². The topological polar surface area (TPSA) is 12.5 Å². The Labute approximate surface area is 69.1 Å². The average molecular weight is 154 g/mol. The third-order valence-corrected chi connectivity index (χ3v) is 3.08. The zero-order valence-corrected chi connectivity index (χ0v) is 7.38. The van der Waals surface area contributed by atoms with Gasteiger partial charge in [-0.3, -0.25) is 0 Å². The number of fused-ring (bicyclic) bond motifs is 1. The predicted octanol–water partition coefficient (Wildman–Crippen LogP) is 2.74. The molecule has 1 heteroatoms. The van der Waals surface area contributed by atoms with Crippen molar-refractivity contribution in [3.63, 3.8) is 0 Å². The Kier molecular flexibility index (Phi) is 2.17. The zero-order valence-electron chi connectivity index (χ0n) is 7.38. The van der Waals surface area contributed by atoms with Crippen LogP contribution in [0.15, 0.2) is 0 Å². The van der Waals surface area contributed by atoms with Crippen molar-refractivity contribution in [1.29, 1.82) is 0 Å². The first-order valence-electron chi connectivity index (χ1n) is 5.07. The van der Waals surface area contributed by atoms with Crippen molar-refractivity contribution in [2.45, 2.75) is 57.7 Å². The summed E-state index contributed by atoms with van der Waals surface area (Å²) in [5.41, 5.74) is 0. The third kappa shape index (κ3) is 1.58. The molecule has 64 valence electrons. The lowest BCUT2D eigenvalue weighted by atomic mass is 9.86. The maximum atomic E-state index is 5.59. The fourth-order valence-corrected chi connectivity index (χ4v) is 2.32.